The maximum absolute atomic E-state index is 5.96. The number of nitrogens with zero attached hydrogens (tertiary/aromatic N) is 3. The maximum Gasteiger partial charge on any atom is 0.279 e. The summed E-state index contributed by atoms with van der Waals surface area (Å²) in [6.45, 7) is 5.68. The maximum atomic E-state index is 5.96. The van der Waals surface area contributed by atoms with Gasteiger partial charge in [0.1, 0.15) is 23.9 Å². The van der Waals surface area contributed by atoms with Crippen LogP contribution in [-0.4, -0.2) is 56.3 Å². The highest BCUT2D eigenvalue weighted by molar-refractivity contribution is 7.20. The van der Waals surface area contributed by atoms with Crippen LogP contribution in [0.15, 0.2) is 72.8 Å². The third kappa shape index (κ3) is 5.38. The van der Waals surface area contributed by atoms with Gasteiger partial charge in [0.15, 0.2) is 0 Å². The molecule has 1 aliphatic rings. The molecule has 4 aromatic rings. The van der Waals surface area contributed by atoms with Crippen LogP contribution in [0.3, 0.4) is 0 Å². The van der Waals surface area contributed by atoms with E-state index in [1.165, 1.54) is 5.69 Å². The van der Waals surface area contributed by atoms with Crippen molar-refractivity contribution in [1.29, 1.82) is 0 Å². The van der Waals surface area contributed by atoms with E-state index in [0.29, 0.717) is 11.8 Å². The van der Waals surface area contributed by atoms with Gasteiger partial charge in [-0.1, -0.05) is 23.5 Å². The molecule has 7 heteroatoms. The smallest absolute Gasteiger partial charge is 0.279 e. The number of ether oxygens (including phenoxy) is 3. The average molecular weight is 462 g/mol. The number of hydrogen-bond donors (Lipinski definition) is 0. The van der Waals surface area contributed by atoms with Gasteiger partial charge in [-0.15, -0.1) is 0 Å². The van der Waals surface area contributed by atoms with Crippen molar-refractivity contribution >= 4 is 27.2 Å². The SMILES string of the molecule is COc1ccc(N2CCN(CCOc3ccc(Oc4nc5ccccc5s4)cc3)CC2)cc1. The van der Waals surface area contributed by atoms with Crippen molar-refractivity contribution in [2.75, 3.05) is 51.3 Å². The quantitative estimate of drug-likeness (QED) is 0.355. The number of anilines is 1. The van der Waals surface area contributed by atoms with Gasteiger partial charge < -0.3 is 19.1 Å². The van der Waals surface area contributed by atoms with Gasteiger partial charge in [0.05, 0.1) is 17.3 Å². The molecule has 0 saturated carbocycles. The number of piperazine rings is 1. The van der Waals surface area contributed by atoms with Gasteiger partial charge in [-0.3, -0.25) is 4.90 Å². The first kappa shape index (κ1) is 21.6. The second-order valence-electron chi connectivity index (χ2n) is 7.90. The summed E-state index contributed by atoms with van der Waals surface area (Å²) in [4.78, 5) is 9.38. The van der Waals surface area contributed by atoms with E-state index in [4.69, 9.17) is 14.2 Å². The zero-order valence-electron chi connectivity index (χ0n) is 18.6. The van der Waals surface area contributed by atoms with Crippen LogP contribution in [0.2, 0.25) is 0 Å². The summed E-state index contributed by atoms with van der Waals surface area (Å²) in [7, 11) is 1.70. The first-order valence-electron chi connectivity index (χ1n) is 11.1. The van der Waals surface area contributed by atoms with Crippen molar-refractivity contribution in [2.45, 2.75) is 0 Å². The van der Waals surface area contributed by atoms with Crippen LogP contribution >= 0.6 is 11.3 Å². The van der Waals surface area contributed by atoms with Gasteiger partial charge in [-0.05, 0) is 60.7 Å². The lowest BCUT2D eigenvalue weighted by molar-refractivity contribution is 0.200. The summed E-state index contributed by atoms with van der Waals surface area (Å²) < 4.78 is 18.2. The fraction of sp³-hybridized carbons (Fsp3) is 0.269. The van der Waals surface area contributed by atoms with Crippen molar-refractivity contribution in [3.05, 3.63) is 72.8 Å². The number of fused-ring (bicyclic) bond motifs is 1. The summed E-state index contributed by atoms with van der Waals surface area (Å²) in [5.74, 6) is 2.51. The summed E-state index contributed by atoms with van der Waals surface area (Å²) in [5.41, 5.74) is 2.21. The molecule has 1 aromatic heterocycles. The number of methoxy groups -OCH3 is 1. The number of aromatic nitrogens is 1. The van der Waals surface area contributed by atoms with Crippen molar-refractivity contribution in [3.8, 4) is 22.4 Å². The zero-order valence-corrected chi connectivity index (χ0v) is 19.5. The van der Waals surface area contributed by atoms with Crippen LogP contribution in [0.5, 0.6) is 22.4 Å². The third-order valence-electron chi connectivity index (χ3n) is 5.79. The minimum Gasteiger partial charge on any atom is -0.497 e. The Morgan fingerprint density at radius 3 is 2.24 bits per heavy atom. The Morgan fingerprint density at radius 1 is 0.818 bits per heavy atom. The van der Waals surface area contributed by atoms with Crippen LogP contribution in [-0.2, 0) is 0 Å². The minimum absolute atomic E-state index is 0.652. The summed E-state index contributed by atoms with van der Waals surface area (Å²) in [6, 6.07) is 24.1. The molecule has 0 amide bonds. The number of hydrogen-bond acceptors (Lipinski definition) is 7. The van der Waals surface area contributed by atoms with Crippen LogP contribution in [0.1, 0.15) is 0 Å². The first-order chi connectivity index (χ1) is 16.3. The van der Waals surface area contributed by atoms with Crippen LogP contribution in [0.4, 0.5) is 5.69 Å². The Kier molecular flexibility index (Phi) is 6.60. The monoisotopic (exact) mass is 461 g/mol. The second-order valence-corrected chi connectivity index (χ2v) is 8.89. The highest BCUT2D eigenvalue weighted by Gasteiger charge is 2.17. The molecule has 2 heterocycles. The molecule has 5 rings (SSSR count). The molecule has 0 N–H and O–H groups in total. The van der Waals surface area contributed by atoms with E-state index >= 15 is 0 Å². The van der Waals surface area contributed by atoms with Gasteiger partial charge in [0.25, 0.3) is 5.19 Å². The Morgan fingerprint density at radius 2 is 1.52 bits per heavy atom. The van der Waals surface area contributed by atoms with E-state index in [2.05, 4.69) is 33.0 Å². The van der Waals surface area contributed by atoms with E-state index in [-0.39, 0.29) is 0 Å². The van der Waals surface area contributed by atoms with Crippen molar-refractivity contribution in [1.82, 2.24) is 9.88 Å². The molecule has 0 spiro atoms. The molecule has 3 aromatic carbocycles. The van der Waals surface area contributed by atoms with Crippen LogP contribution in [0, 0.1) is 0 Å². The molecule has 1 aliphatic heterocycles. The van der Waals surface area contributed by atoms with Crippen LogP contribution < -0.4 is 19.1 Å². The second kappa shape index (κ2) is 10.1. The highest BCUT2D eigenvalue weighted by atomic mass is 32.1. The normalized spacial score (nSPS) is 14.4. The first-order valence-corrected chi connectivity index (χ1v) is 12.0. The summed E-state index contributed by atoms with van der Waals surface area (Å²) >= 11 is 1.55. The average Bonchev–Trinajstić information content (AvgIpc) is 3.28. The lowest BCUT2D eigenvalue weighted by Crippen LogP contribution is -2.47. The predicted molar refractivity (Wildman–Crippen MR) is 133 cm³/mol. The van der Waals surface area contributed by atoms with Crippen molar-refractivity contribution < 1.29 is 14.2 Å². The summed E-state index contributed by atoms with van der Waals surface area (Å²) in [6.07, 6.45) is 0. The van der Waals surface area contributed by atoms with Crippen molar-refractivity contribution in [3.63, 3.8) is 0 Å². The molecular weight excluding hydrogens is 434 g/mol. The predicted octanol–water partition coefficient (Wildman–Crippen LogP) is 5.30. The molecule has 0 unspecified atom stereocenters. The summed E-state index contributed by atoms with van der Waals surface area (Å²) in [5, 5.41) is 0.652. The number of thiazole rings is 1. The fourth-order valence-corrected chi connectivity index (χ4v) is 4.75. The number of rotatable bonds is 8. The zero-order chi connectivity index (χ0) is 22.5. The van der Waals surface area contributed by atoms with Gasteiger partial charge >= 0.3 is 0 Å². The Bertz CT molecular complexity index is 1140. The molecule has 0 aliphatic carbocycles. The lowest BCUT2D eigenvalue weighted by Gasteiger charge is -2.36. The molecule has 6 nitrogen and oxygen atoms in total. The fourth-order valence-electron chi connectivity index (χ4n) is 3.91. The van der Waals surface area contributed by atoms with E-state index in [9.17, 15) is 0 Å². The third-order valence-corrected chi connectivity index (χ3v) is 6.70. The van der Waals surface area contributed by atoms with Gasteiger partial charge in [0, 0.05) is 38.4 Å². The van der Waals surface area contributed by atoms with Crippen molar-refractivity contribution in [2.24, 2.45) is 0 Å². The van der Waals surface area contributed by atoms with Gasteiger partial charge in [0.2, 0.25) is 0 Å². The molecule has 1 saturated heterocycles. The van der Waals surface area contributed by atoms with Crippen LogP contribution in [0.25, 0.3) is 10.2 Å². The Labute approximate surface area is 197 Å². The molecule has 33 heavy (non-hydrogen) atoms. The molecule has 170 valence electrons. The molecule has 1 fully saturated rings. The molecule has 0 radical (unpaired) electrons. The van der Waals surface area contributed by atoms with E-state index in [0.717, 1.165) is 60.2 Å². The highest BCUT2D eigenvalue weighted by Crippen LogP contribution is 2.31. The standard InChI is InChI=1S/C26H27N3O3S/c1-30-21-8-6-20(7-9-21)29-16-14-28(15-17-29)18-19-31-22-10-12-23(13-11-22)32-26-27-24-4-2-3-5-25(24)33-26/h2-13H,14-19H2,1H3. The Balaban J connectivity index is 1.05. The number of benzene rings is 3. The van der Waals surface area contributed by atoms with E-state index in [1.807, 2.05) is 54.6 Å². The molecular formula is C26H27N3O3S. The topological polar surface area (TPSA) is 47.1 Å². The van der Waals surface area contributed by atoms with Gasteiger partial charge in [-0.2, -0.15) is 0 Å². The van der Waals surface area contributed by atoms with E-state index in [1.54, 1.807) is 18.4 Å². The minimum atomic E-state index is 0.652. The lowest BCUT2D eigenvalue weighted by atomic mass is 10.2. The largest absolute Gasteiger partial charge is 0.497 e. The molecule has 0 atom stereocenters. The van der Waals surface area contributed by atoms with E-state index < -0.39 is 0 Å². The Hall–Kier alpha value is -3.29. The molecule has 0 bridgehead atoms. The van der Waals surface area contributed by atoms with Gasteiger partial charge in [-0.25, -0.2) is 4.98 Å². The number of para-hydroxylation sites is 1.